The first-order valence-corrected chi connectivity index (χ1v) is 5.54. The van der Waals surface area contributed by atoms with E-state index in [1.54, 1.807) is 12.1 Å². The summed E-state index contributed by atoms with van der Waals surface area (Å²) >= 11 is 0. The van der Waals surface area contributed by atoms with Gasteiger partial charge in [0.2, 0.25) is 0 Å². The quantitative estimate of drug-likeness (QED) is 0.598. The summed E-state index contributed by atoms with van der Waals surface area (Å²) in [5, 5.41) is 0. The monoisotopic (exact) mass is 260 g/mol. The van der Waals surface area contributed by atoms with Gasteiger partial charge in [-0.3, -0.25) is 4.79 Å². The van der Waals surface area contributed by atoms with Crippen molar-refractivity contribution in [3.63, 3.8) is 0 Å². The van der Waals surface area contributed by atoms with E-state index in [0.717, 1.165) is 11.1 Å². The van der Waals surface area contributed by atoms with Crippen LogP contribution in [0.5, 0.6) is 0 Å². The number of ether oxygens (including phenoxy) is 1. The summed E-state index contributed by atoms with van der Waals surface area (Å²) in [6.45, 7) is 2.28. The van der Waals surface area contributed by atoms with Gasteiger partial charge in [0.25, 0.3) is 0 Å². The van der Waals surface area contributed by atoms with E-state index in [0.29, 0.717) is 5.56 Å². The topological polar surface area (TPSA) is 26.3 Å². The van der Waals surface area contributed by atoms with Gasteiger partial charge in [0.1, 0.15) is 6.61 Å². The molecule has 0 atom stereocenters. The van der Waals surface area contributed by atoms with E-state index >= 15 is 0 Å². The molecule has 0 heterocycles. The molecular weight excluding hydrogens is 245 g/mol. The van der Waals surface area contributed by atoms with Gasteiger partial charge in [0.15, 0.2) is 5.78 Å². The van der Waals surface area contributed by atoms with Gasteiger partial charge in [-0.25, -0.2) is 0 Å². The van der Waals surface area contributed by atoms with E-state index in [1.165, 1.54) is 0 Å². The molecule has 0 saturated carbocycles. The Labute approximate surface area is 104 Å². The molecule has 5 heteroatoms. The summed E-state index contributed by atoms with van der Waals surface area (Å²) in [5.41, 5.74) is 2.56. The van der Waals surface area contributed by atoms with Gasteiger partial charge in [0, 0.05) is 12.0 Å². The number of carbonyl (C=O) groups excluding carboxylic acids is 1. The molecule has 0 aliphatic rings. The minimum Gasteiger partial charge on any atom is -0.372 e. The Morgan fingerprint density at radius 1 is 1.22 bits per heavy atom. The third-order valence-electron chi connectivity index (χ3n) is 2.57. The zero-order chi connectivity index (χ0) is 13.8. The predicted octanol–water partition coefficient (Wildman–Crippen LogP) is 3.46. The molecule has 0 bridgehead atoms. The van der Waals surface area contributed by atoms with E-state index in [4.69, 9.17) is 0 Å². The Balaban J connectivity index is 2.43. The molecule has 1 aromatic rings. The maximum atomic E-state index is 11.8. The summed E-state index contributed by atoms with van der Waals surface area (Å²) < 4.78 is 39.8. The van der Waals surface area contributed by atoms with Crippen LogP contribution in [-0.2, 0) is 4.74 Å². The first-order chi connectivity index (χ1) is 8.29. The standard InChI is InChI=1S/C13H15F3O2/c1-9-3-4-11(7-10(9)2)12(17)5-6-18-8-13(14,15)16/h3-4,7H,5-6,8H2,1-2H3. The van der Waals surface area contributed by atoms with Crippen LogP contribution in [0.2, 0.25) is 0 Å². The van der Waals surface area contributed by atoms with Crippen molar-refractivity contribution in [2.75, 3.05) is 13.2 Å². The van der Waals surface area contributed by atoms with E-state index in [9.17, 15) is 18.0 Å². The number of hydrogen-bond donors (Lipinski definition) is 0. The summed E-state index contributed by atoms with van der Waals surface area (Å²) in [6.07, 6.45) is -4.39. The highest BCUT2D eigenvalue weighted by molar-refractivity contribution is 5.96. The lowest BCUT2D eigenvalue weighted by Crippen LogP contribution is -2.18. The van der Waals surface area contributed by atoms with Crippen molar-refractivity contribution >= 4 is 5.78 Å². The lowest BCUT2D eigenvalue weighted by atomic mass is 10.0. The number of Topliss-reactive ketones (excluding diaryl/α,β-unsaturated/α-hetero) is 1. The fourth-order valence-electron chi connectivity index (χ4n) is 1.41. The molecule has 0 saturated heterocycles. The number of aryl methyl sites for hydroxylation is 2. The Bertz CT molecular complexity index is 425. The van der Waals surface area contributed by atoms with Crippen LogP contribution in [-0.4, -0.2) is 25.2 Å². The molecule has 100 valence electrons. The number of carbonyl (C=O) groups is 1. The van der Waals surface area contributed by atoms with Crippen molar-refractivity contribution in [3.05, 3.63) is 34.9 Å². The molecule has 0 unspecified atom stereocenters. The van der Waals surface area contributed by atoms with E-state index < -0.39 is 12.8 Å². The predicted molar refractivity (Wildman–Crippen MR) is 61.7 cm³/mol. The molecule has 2 nitrogen and oxygen atoms in total. The molecule has 0 spiro atoms. The second-order valence-electron chi connectivity index (χ2n) is 4.14. The van der Waals surface area contributed by atoms with Crippen molar-refractivity contribution < 1.29 is 22.7 Å². The van der Waals surface area contributed by atoms with E-state index in [1.807, 2.05) is 19.9 Å². The first-order valence-electron chi connectivity index (χ1n) is 5.54. The van der Waals surface area contributed by atoms with Crippen LogP contribution >= 0.6 is 0 Å². The fourth-order valence-corrected chi connectivity index (χ4v) is 1.41. The van der Waals surface area contributed by atoms with Crippen LogP contribution in [0.4, 0.5) is 13.2 Å². The van der Waals surface area contributed by atoms with Gasteiger partial charge in [0.05, 0.1) is 6.61 Å². The van der Waals surface area contributed by atoms with Crippen molar-refractivity contribution in [1.82, 2.24) is 0 Å². The van der Waals surface area contributed by atoms with Crippen molar-refractivity contribution in [2.24, 2.45) is 0 Å². The largest absolute Gasteiger partial charge is 0.411 e. The van der Waals surface area contributed by atoms with E-state index in [2.05, 4.69) is 4.74 Å². The van der Waals surface area contributed by atoms with Crippen LogP contribution in [0, 0.1) is 13.8 Å². The van der Waals surface area contributed by atoms with Crippen molar-refractivity contribution in [1.29, 1.82) is 0 Å². The SMILES string of the molecule is Cc1ccc(C(=O)CCOCC(F)(F)F)cc1C. The van der Waals surface area contributed by atoms with Gasteiger partial charge < -0.3 is 4.74 Å². The minimum absolute atomic E-state index is 0.0431. The number of ketones is 1. The first kappa shape index (κ1) is 14.7. The summed E-state index contributed by atoms with van der Waals surface area (Å²) in [7, 11) is 0. The normalized spacial score (nSPS) is 11.6. The zero-order valence-corrected chi connectivity index (χ0v) is 10.3. The molecule has 0 aliphatic carbocycles. The summed E-state index contributed by atoms with van der Waals surface area (Å²) in [4.78, 5) is 11.7. The Kier molecular flexibility index (Phi) is 4.90. The number of rotatable bonds is 5. The zero-order valence-electron chi connectivity index (χ0n) is 10.3. The molecule has 0 amide bonds. The number of hydrogen-bond acceptors (Lipinski definition) is 2. The lowest BCUT2D eigenvalue weighted by molar-refractivity contribution is -0.173. The van der Waals surface area contributed by atoms with Gasteiger partial charge in [-0.15, -0.1) is 0 Å². The molecule has 1 aromatic carbocycles. The smallest absolute Gasteiger partial charge is 0.372 e. The third-order valence-corrected chi connectivity index (χ3v) is 2.57. The highest BCUT2D eigenvalue weighted by atomic mass is 19.4. The van der Waals surface area contributed by atoms with Gasteiger partial charge >= 0.3 is 6.18 Å². The maximum Gasteiger partial charge on any atom is 0.411 e. The van der Waals surface area contributed by atoms with Crippen molar-refractivity contribution in [2.45, 2.75) is 26.4 Å². The number of benzene rings is 1. The second kappa shape index (κ2) is 6.00. The average Bonchev–Trinajstić information content (AvgIpc) is 2.26. The van der Waals surface area contributed by atoms with Crippen LogP contribution in [0.25, 0.3) is 0 Å². The van der Waals surface area contributed by atoms with Gasteiger partial charge in [-0.2, -0.15) is 13.2 Å². The Morgan fingerprint density at radius 3 is 2.44 bits per heavy atom. The van der Waals surface area contributed by atoms with Crippen LogP contribution < -0.4 is 0 Å². The number of halogens is 3. The summed E-state index contributed by atoms with van der Waals surface area (Å²) in [6, 6.07) is 5.23. The van der Waals surface area contributed by atoms with Crippen LogP contribution in [0.1, 0.15) is 27.9 Å². The highest BCUT2D eigenvalue weighted by Gasteiger charge is 2.27. The highest BCUT2D eigenvalue weighted by Crippen LogP contribution is 2.15. The van der Waals surface area contributed by atoms with Gasteiger partial charge in [-0.05, 0) is 31.0 Å². The fraction of sp³-hybridized carbons (Fsp3) is 0.462. The molecule has 0 radical (unpaired) electrons. The second-order valence-corrected chi connectivity index (χ2v) is 4.14. The number of alkyl halides is 3. The average molecular weight is 260 g/mol. The maximum absolute atomic E-state index is 11.8. The molecule has 1 rings (SSSR count). The van der Waals surface area contributed by atoms with E-state index in [-0.39, 0.29) is 18.8 Å². The van der Waals surface area contributed by atoms with Crippen LogP contribution in [0.3, 0.4) is 0 Å². The molecular formula is C13H15F3O2. The molecule has 18 heavy (non-hydrogen) atoms. The lowest BCUT2D eigenvalue weighted by Gasteiger charge is -2.07. The third kappa shape index (κ3) is 4.87. The Hall–Kier alpha value is -1.36. The molecule has 0 N–H and O–H groups in total. The molecule has 0 aliphatic heterocycles. The van der Waals surface area contributed by atoms with Gasteiger partial charge in [-0.1, -0.05) is 12.1 Å². The minimum atomic E-state index is -4.34. The molecule has 0 fully saturated rings. The van der Waals surface area contributed by atoms with Crippen LogP contribution in [0.15, 0.2) is 18.2 Å². The van der Waals surface area contributed by atoms with Crippen molar-refractivity contribution in [3.8, 4) is 0 Å². The molecule has 0 aromatic heterocycles. The summed E-state index contributed by atoms with van der Waals surface area (Å²) in [5.74, 6) is -0.208. The Morgan fingerprint density at radius 2 is 1.89 bits per heavy atom.